The Balaban J connectivity index is 2.14. The summed E-state index contributed by atoms with van der Waals surface area (Å²) < 4.78 is 3.00. The summed E-state index contributed by atoms with van der Waals surface area (Å²) in [5, 5.41) is 4.43. The van der Waals surface area contributed by atoms with Gasteiger partial charge in [0.25, 0.3) is 0 Å². The van der Waals surface area contributed by atoms with Crippen molar-refractivity contribution in [3.63, 3.8) is 0 Å². The third kappa shape index (κ3) is 3.73. The normalized spacial score (nSPS) is 12.7. The number of aryl methyl sites for hydroxylation is 4. The first-order valence-electron chi connectivity index (χ1n) is 7.12. The molecule has 4 nitrogen and oxygen atoms in total. The molecule has 1 aromatic carbocycles. The van der Waals surface area contributed by atoms with Gasteiger partial charge >= 0.3 is 0 Å². The number of hydrogen-bond donors (Lipinski definition) is 2. The van der Waals surface area contributed by atoms with Gasteiger partial charge in [-0.15, -0.1) is 0 Å². The fraction of sp³-hybridized carbons (Fsp3) is 0.438. The molecule has 1 aromatic heterocycles. The van der Waals surface area contributed by atoms with E-state index in [-0.39, 0.29) is 6.04 Å². The van der Waals surface area contributed by atoms with Gasteiger partial charge in [-0.1, -0.05) is 18.2 Å². The van der Waals surface area contributed by atoms with E-state index in [4.69, 9.17) is 5.84 Å². The van der Waals surface area contributed by atoms with E-state index < -0.39 is 0 Å². The molecule has 1 unspecified atom stereocenters. The summed E-state index contributed by atoms with van der Waals surface area (Å²) in [4.78, 5) is 0. The van der Waals surface area contributed by atoms with E-state index in [2.05, 4.69) is 58.5 Å². The number of hydrogen-bond acceptors (Lipinski definition) is 3. The summed E-state index contributed by atoms with van der Waals surface area (Å²) in [5.74, 6) is 5.75. The van der Waals surface area contributed by atoms with Gasteiger partial charge in [0.1, 0.15) is 0 Å². The molecule has 2 aromatic rings. The van der Waals surface area contributed by atoms with Gasteiger partial charge in [0, 0.05) is 19.5 Å². The number of halogens is 1. The number of nitrogens with two attached hydrogens (primary N) is 1. The Morgan fingerprint density at radius 3 is 2.48 bits per heavy atom. The monoisotopic (exact) mass is 350 g/mol. The molecule has 1 atom stereocenters. The second-order valence-electron chi connectivity index (χ2n) is 5.66. The fourth-order valence-corrected chi connectivity index (χ4v) is 3.04. The van der Waals surface area contributed by atoms with Crippen molar-refractivity contribution in [1.29, 1.82) is 0 Å². The van der Waals surface area contributed by atoms with E-state index >= 15 is 0 Å². The van der Waals surface area contributed by atoms with Gasteiger partial charge in [0.2, 0.25) is 0 Å². The Morgan fingerprint density at radius 2 is 1.95 bits per heavy atom. The maximum absolute atomic E-state index is 5.75. The van der Waals surface area contributed by atoms with Crippen molar-refractivity contribution in [2.75, 3.05) is 0 Å². The van der Waals surface area contributed by atoms with Crippen LogP contribution < -0.4 is 11.3 Å². The van der Waals surface area contributed by atoms with Crippen molar-refractivity contribution in [3.8, 4) is 0 Å². The average molecular weight is 351 g/mol. The third-order valence-corrected chi connectivity index (χ3v) is 5.02. The van der Waals surface area contributed by atoms with E-state index in [0.717, 1.165) is 23.0 Å². The van der Waals surface area contributed by atoms with Gasteiger partial charge in [-0.3, -0.25) is 16.0 Å². The van der Waals surface area contributed by atoms with Crippen molar-refractivity contribution in [3.05, 3.63) is 50.8 Å². The number of nitrogens with one attached hydrogen (secondary N) is 1. The van der Waals surface area contributed by atoms with Crippen LogP contribution in [-0.4, -0.2) is 15.8 Å². The lowest BCUT2D eigenvalue weighted by atomic mass is 9.99. The summed E-state index contributed by atoms with van der Waals surface area (Å²) in [6, 6.07) is 6.76. The van der Waals surface area contributed by atoms with Crippen LogP contribution >= 0.6 is 15.9 Å². The van der Waals surface area contributed by atoms with Crippen LogP contribution in [0.15, 0.2) is 22.7 Å². The topological polar surface area (TPSA) is 55.9 Å². The van der Waals surface area contributed by atoms with Crippen molar-refractivity contribution < 1.29 is 0 Å². The standard InChI is InChI=1S/C16H23BrN4/c1-10-5-6-13(7-11(10)2)8-14(19-18)9-15-16(17)12(3)20-21(15)4/h5-7,14,19H,8-9,18H2,1-4H3. The maximum Gasteiger partial charge on any atom is 0.0738 e. The van der Waals surface area contributed by atoms with Gasteiger partial charge < -0.3 is 0 Å². The Hall–Kier alpha value is -1.17. The van der Waals surface area contributed by atoms with Crippen LogP contribution in [0.1, 0.15) is 28.1 Å². The Labute approximate surface area is 134 Å². The van der Waals surface area contributed by atoms with Crippen LogP contribution in [-0.2, 0) is 19.9 Å². The zero-order valence-electron chi connectivity index (χ0n) is 13.1. The molecular formula is C16H23BrN4. The number of aromatic nitrogens is 2. The second kappa shape index (κ2) is 6.73. The molecule has 1 heterocycles. The van der Waals surface area contributed by atoms with Crippen LogP contribution in [0.5, 0.6) is 0 Å². The van der Waals surface area contributed by atoms with Crippen LogP contribution in [0.2, 0.25) is 0 Å². The second-order valence-corrected chi connectivity index (χ2v) is 6.45. The van der Waals surface area contributed by atoms with Crippen LogP contribution in [0.25, 0.3) is 0 Å². The molecular weight excluding hydrogens is 328 g/mol. The lowest BCUT2D eigenvalue weighted by Crippen LogP contribution is -2.39. The first kappa shape index (κ1) is 16.2. The Morgan fingerprint density at radius 1 is 1.24 bits per heavy atom. The molecule has 0 aliphatic rings. The van der Waals surface area contributed by atoms with E-state index in [9.17, 15) is 0 Å². The highest BCUT2D eigenvalue weighted by Crippen LogP contribution is 2.22. The molecule has 2 rings (SSSR count). The zero-order valence-corrected chi connectivity index (χ0v) is 14.7. The third-order valence-electron chi connectivity index (χ3n) is 3.99. The molecule has 0 saturated carbocycles. The summed E-state index contributed by atoms with van der Waals surface area (Å²) in [5.41, 5.74) is 9.05. The quantitative estimate of drug-likeness (QED) is 0.643. The number of hydrazine groups is 1. The van der Waals surface area contributed by atoms with Crippen molar-refractivity contribution in [2.45, 2.75) is 39.7 Å². The maximum atomic E-state index is 5.75. The van der Waals surface area contributed by atoms with Crippen molar-refractivity contribution >= 4 is 15.9 Å². The molecule has 0 saturated heterocycles. The summed E-state index contributed by atoms with van der Waals surface area (Å²) in [6.07, 6.45) is 1.73. The molecule has 0 aliphatic heterocycles. The Bertz CT molecular complexity index is 633. The molecule has 3 N–H and O–H groups in total. The highest BCUT2D eigenvalue weighted by molar-refractivity contribution is 9.10. The average Bonchev–Trinajstić information content (AvgIpc) is 2.68. The van der Waals surface area contributed by atoms with Gasteiger partial charge in [0.05, 0.1) is 15.9 Å². The molecule has 0 aliphatic carbocycles. The smallest absolute Gasteiger partial charge is 0.0738 e. The van der Waals surface area contributed by atoms with Crippen LogP contribution in [0.4, 0.5) is 0 Å². The van der Waals surface area contributed by atoms with Gasteiger partial charge in [-0.25, -0.2) is 0 Å². The summed E-state index contributed by atoms with van der Waals surface area (Å²) in [6.45, 7) is 6.28. The fourth-order valence-electron chi connectivity index (χ4n) is 2.54. The minimum atomic E-state index is 0.179. The molecule has 0 radical (unpaired) electrons. The van der Waals surface area contributed by atoms with E-state index in [1.807, 2.05) is 18.7 Å². The Kier molecular flexibility index (Phi) is 5.19. The van der Waals surface area contributed by atoms with E-state index in [0.29, 0.717) is 0 Å². The van der Waals surface area contributed by atoms with Gasteiger partial charge in [-0.05, 0) is 59.8 Å². The predicted octanol–water partition coefficient (Wildman–Crippen LogP) is 2.72. The molecule has 0 bridgehead atoms. The van der Waals surface area contributed by atoms with Gasteiger partial charge in [0.15, 0.2) is 0 Å². The molecule has 21 heavy (non-hydrogen) atoms. The van der Waals surface area contributed by atoms with Gasteiger partial charge in [-0.2, -0.15) is 5.10 Å². The van der Waals surface area contributed by atoms with Crippen LogP contribution in [0.3, 0.4) is 0 Å². The largest absolute Gasteiger partial charge is 0.271 e. The molecule has 5 heteroatoms. The highest BCUT2D eigenvalue weighted by atomic mass is 79.9. The van der Waals surface area contributed by atoms with Crippen molar-refractivity contribution in [2.24, 2.45) is 12.9 Å². The number of benzene rings is 1. The van der Waals surface area contributed by atoms with E-state index in [1.165, 1.54) is 22.4 Å². The summed E-state index contributed by atoms with van der Waals surface area (Å²) >= 11 is 3.61. The number of rotatable bonds is 5. The molecule has 0 amide bonds. The highest BCUT2D eigenvalue weighted by Gasteiger charge is 2.16. The van der Waals surface area contributed by atoms with E-state index in [1.54, 1.807) is 0 Å². The SMILES string of the molecule is Cc1ccc(CC(Cc2c(Br)c(C)nn2C)NN)cc1C. The molecule has 0 spiro atoms. The minimum absolute atomic E-state index is 0.179. The predicted molar refractivity (Wildman–Crippen MR) is 90.1 cm³/mol. The minimum Gasteiger partial charge on any atom is -0.271 e. The lowest BCUT2D eigenvalue weighted by Gasteiger charge is -2.17. The zero-order chi connectivity index (χ0) is 15.6. The van der Waals surface area contributed by atoms with Crippen LogP contribution in [0, 0.1) is 20.8 Å². The first-order valence-corrected chi connectivity index (χ1v) is 7.92. The molecule has 0 fully saturated rings. The molecule has 114 valence electrons. The summed E-state index contributed by atoms with van der Waals surface area (Å²) in [7, 11) is 1.97. The van der Waals surface area contributed by atoms with Crippen molar-refractivity contribution in [1.82, 2.24) is 15.2 Å². The lowest BCUT2D eigenvalue weighted by molar-refractivity contribution is 0.504. The first-order chi connectivity index (χ1) is 9.92. The number of nitrogens with zero attached hydrogens (tertiary/aromatic N) is 2.